The van der Waals surface area contributed by atoms with Gasteiger partial charge in [0.1, 0.15) is 22.2 Å². The summed E-state index contributed by atoms with van der Waals surface area (Å²) in [6.07, 6.45) is 4.85. The largest absolute Gasteiger partial charge is 0.340 e. The van der Waals surface area contributed by atoms with Crippen molar-refractivity contribution in [2.75, 3.05) is 0 Å². The smallest absolute Gasteiger partial charge is 0.258 e. The molecule has 1 saturated carbocycles. The number of nitrogens with one attached hydrogen (secondary N) is 1. The van der Waals surface area contributed by atoms with E-state index >= 15 is 0 Å². The third kappa shape index (κ3) is 2.82. The summed E-state index contributed by atoms with van der Waals surface area (Å²) in [6.45, 7) is 0. The Morgan fingerprint density at radius 1 is 1.30 bits per heavy atom. The Labute approximate surface area is 135 Å². The Bertz CT molecular complexity index is 754. The van der Waals surface area contributed by atoms with Gasteiger partial charge in [-0.2, -0.15) is 5.26 Å². The van der Waals surface area contributed by atoms with Crippen molar-refractivity contribution in [2.24, 2.45) is 0 Å². The molecule has 2 aromatic rings. The van der Waals surface area contributed by atoms with E-state index in [2.05, 4.69) is 10.3 Å². The molecule has 1 heterocycles. The summed E-state index contributed by atoms with van der Waals surface area (Å²) in [7, 11) is 0. The Morgan fingerprint density at radius 3 is 2.48 bits per heavy atom. The maximum Gasteiger partial charge on any atom is 0.258 e. The van der Waals surface area contributed by atoms with Crippen LogP contribution < -0.4 is 5.32 Å². The van der Waals surface area contributed by atoms with Crippen molar-refractivity contribution >= 4 is 17.2 Å². The number of halogens is 2. The second kappa shape index (κ2) is 6.05. The van der Waals surface area contributed by atoms with Gasteiger partial charge in [0.25, 0.3) is 5.91 Å². The number of rotatable bonds is 3. The third-order valence-corrected chi connectivity index (χ3v) is 5.03. The van der Waals surface area contributed by atoms with Gasteiger partial charge in [-0.1, -0.05) is 12.8 Å². The Hall–Kier alpha value is -2.33. The monoisotopic (exact) mass is 333 g/mol. The molecule has 0 atom stereocenters. The lowest BCUT2D eigenvalue weighted by Crippen LogP contribution is -2.44. The molecule has 1 aliphatic rings. The van der Waals surface area contributed by atoms with Gasteiger partial charge in [0.05, 0.1) is 17.2 Å². The fraction of sp³-hybridized carbons (Fsp3) is 0.312. The van der Waals surface area contributed by atoms with E-state index in [4.69, 9.17) is 5.26 Å². The standard InChI is InChI=1S/C16H13F2N3OS/c17-11-7-10(9-19)8-12(18)13(11)14(22)21-16(3-1-2-4-16)15-20-5-6-23-15/h5-8H,1-4H2,(H,21,22). The SMILES string of the molecule is N#Cc1cc(F)c(C(=O)NC2(c3nccs3)CCCC2)c(F)c1. The number of carbonyl (C=O) groups excluding carboxylic acids is 1. The van der Waals surface area contributed by atoms with Crippen LogP contribution in [0.2, 0.25) is 0 Å². The molecular weight excluding hydrogens is 320 g/mol. The number of nitriles is 1. The van der Waals surface area contributed by atoms with E-state index in [1.165, 1.54) is 11.3 Å². The van der Waals surface area contributed by atoms with Gasteiger partial charge < -0.3 is 5.32 Å². The van der Waals surface area contributed by atoms with E-state index in [0.717, 1.165) is 30.0 Å². The fourth-order valence-corrected chi connectivity index (χ4v) is 3.82. The van der Waals surface area contributed by atoms with Gasteiger partial charge in [-0.05, 0) is 25.0 Å². The van der Waals surface area contributed by atoms with E-state index in [9.17, 15) is 13.6 Å². The molecule has 0 radical (unpaired) electrons. The highest BCUT2D eigenvalue weighted by atomic mass is 32.1. The molecule has 1 amide bonds. The van der Waals surface area contributed by atoms with Gasteiger partial charge in [0.2, 0.25) is 0 Å². The second-order valence-corrected chi connectivity index (χ2v) is 6.40. The summed E-state index contributed by atoms with van der Waals surface area (Å²) in [5.74, 6) is -2.89. The molecule has 7 heteroatoms. The van der Waals surface area contributed by atoms with Crippen molar-refractivity contribution in [3.05, 3.63) is 51.5 Å². The lowest BCUT2D eigenvalue weighted by molar-refractivity contribution is 0.0889. The van der Waals surface area contributed by atoms with Crippen LogP contribution in [0.4, 0.5) is 8.78 Å². The first-order chi connectivity index (χ1) is 11.1. The maximum absolute atomic E-state index is 14.0. The number of carbonyl (C=O) groups is 1. The van der Waals surface area contributed by atoms with Crippen LogP contribution in [-0.2, 0) is 5.54 Å². The highest BCUT2D eigenvalue weighted by molar-refractivity contribution is 7.09. The lowest BCUT2D eigenvalue weighted by atomic mass is 9.97. The number of aromatic nitrogens is 1. The molecule has 1 aliphatic carbocycles. The lowest BCUT2D eigenvalue weighted by Gasteiger charge is -2.28. The Morgan fingerprint density at radius 2 is 1.96 bits per heavy atom. The average Bonchev–Trinajstić information content (AvgIpc) is 3.17. The van der Waals surface area contributed by atoms with Crippen molar-refractivity contribution in [1.29, 1.82) is 5.26 Å². The van der Waals surface area contributed by atoms with Gasteiger partial charge in [-0.25, -0.2) is 13.8 Å². The zero-order valence-electron chi connectivity index (χ0n) is 12.1. The third-order valence-electron chi connectivity index (χ3n) is 4.05. The van der Waals surface area contributed by atoms with Crippen LogP contribution in [-0.4, -0.2) is 10.9 Å². The molecule has 0 aliphatic heterocycles. The molecule has 1 aromatic heterocycles. The number of hydrogen-bond donors (Lipinski definition) is 1. The Kier molecular flexibility index (Phi) is 4.09. The van der Waals surface area contributed by atoms with E-state index in [0.29, 0.717) is 12.8 Å². The number of thiazole rings is 1. The van der Waals surface area contributed by atoms with Gasteiger partial charge in [-0.15, -0.1) is 11.3 Å². The molecule has 23 heavy (non-hydrogen) atoms. The molecule has 1 aromatic carbocycles. The van der Waals surface area contributed by atoms with E-state index in [-0.39, 0.29) is 5.56 Å². The van der Waals surface area contributed by atoms with E-state index in [1.807, 2.05) is 5.38 Å². The van der Waals surface area contributed by atoms with Crippen molar-refractivity contribution in [2.45, 2.75) is 31.2 Å². The van der Waals surface area contributed by atoms with Crippen LogP contribution in [0.1, 0.15) is 46.6 Å². The molecule has 0 unspecified atom stereocenters. The molecule has 0 saturated heterocycles. The topological polar surface area (TPSA) is 65.8 Å². The average molecular weight is 333 g/mol. The van der Waals surface area contributed by atoms with Crippen molar-refractivity contribution in [3.63, 3.8) is 0 Å². The maximum atomic E-state index is 14.0. The molecule has 0 bridgehead atoms. The molecule has 1 N–H and O–H groups in total. The summed E-state index contributed by atoms with van der Waals surface area (Å²) >= 11 is 1.41. The predicted octanol–water partition coefficient (Wildman–Crippen LogP) is 3.49. The van der Waals surface area contributed by atoms with Crippen LogP contribution >= 0.6 is 11.3 Å². The van der Waals surface area contributed by atoms with Gasteiger partial charge in [-0.3, -0.25) is 4.79 Å². The number of nitrogens with zero attached hydrogens (tertiary/aromatic N) is 2. The molecule has 118 valence electrons. The number of amides is 1. The molecule has 3 rings (SSSR count). The van der Waals surface area contributed by atoms with Crippen LogP contribution in [0, 0.1) is 23.0 Å². The highest BCUT2D eigenvalue weighted by Crippen LogP contribution is 2.40. The van der Waals surface area contributed by atoms with Crippen molar-refractivity contribution in [3.8, 4) is 6.07 Å². The van der Waals surface area contributed by atoms with Gasteiger partial charge in [0.15, 0.2) is 0 Å². The minimum atomic E-state index is -1.04. The van der Waals surface area contributed by atoms with Crippen LogP contribution in [0.25, 0.3) is 0 Å². The van der Waals surface area contributed by atoms with Crippen molar-refractivity contribution < 1.29 is 13.6 Å². The molecule has 4 nitrogen and oxygen atoms in total. The first-order valence-electron chi connectivity index (χ1n) is 7.17. The molecule has 0 spiro atoms. The van der Waals surface area contributed by atoms with Gasteiger partial charge >= 0.3 is 0 Å². The van der Waals surface area contributed by atoms with Crippen LogP contribution in [0.5, 0.6) is 0 Å². The molecular formula is C16H13F2N3OS. The van der Waals surface area contributed by atoms with Crippen LogP contribution in [0.15, 0.2) is 23.7 Å². The zero-order valence-corrected chi connectivity index (χ0v) is 12.9. The minimum Gasteiger partial charge on any atom is -0.340 e. The van der Waals surface area contributed by atoms with E-state index < -0.39 is 28.6 Å². The van der Waals surface area contributed by atoms with Gasteiger partial charge in [0, 0.05) is 11.6 Å². The summed E-state index contributed by atoms with van der Waals surface area (Å²) in [5.41, 5.74) is -1.49. The fourth-order valence-electron chi connectivity index (χ4n) is 2.97. The first kappa shape index (κ1) is 15.6. The number of benzene rings is 1. The molecule has 1 fully saturated rings. The zero-order chi connectivity index (χ0) is 16.4. The second-order valence-electron chi connectivity index (χ2n) is 5.51. The predicted molar refractivity (Wildman–Crippen MR) is 80.8 cm³/mol. The summed E-state index contributed by atoms with van der Waals surface area (Å²) in [4.78, 5) is 16.7. The summed E-state index contributed by atoms with van der Waals surface area (Å²) in [5, 5.41) is 14.1. The summed E-state index contributed by atoms with van der Waals surface area (Å²) in [6, 6.07) is 3.39. The normalized spacial score (nSPS) is 16.0. The van der Waals surface area contributed by atoms with Crippen molar-refractivity contribution in [1.82, 2.24) is 10.3 Å². The summed E-state index contributed by atoms with van der Waals surface area (Å²) < 4.78 is 28.0. The first-order valence-corrected chi connectivity index (χ1v) is 8.05. The van der Waals surface area contributed by atoms with Crippen LogP contribution in [0.3, 0.4) is 0 Å². The number of hydrogen-bond acceptors (Lipinski definition) is 4. The Balaban J connectivity index is 1.94. The quantitative estimate of drug-likeness (QED) is 0.935. The highest BCUT2D eigenvalue weighted by Gasteiger charge is 2.40. The minimum absolute atomic E-state index is 0.160. The van der Waals surface area contributed by atoms with E-state index in [1.54, 1.807) is 12.3 Å².